The SMILES string of the molecule is C[C@]1(Cc2ccc(Cl)cc2)Cc2cc(C(=O)N(CCc3ccccc3F)CC(=O)O)ccc2O1. The molecule has 0 aliphatic carbocycles. The van der Waals surface area contributed by atoms with E-state index in [0.29, 0.717) is 34.7 Å². The predicted octanol–water partition coefficient (Wildman–Crippen LogP) is 5.18. The van der Waals surface area contributed by atoms with Crippen LogP contribution in [0.3, 0.4) is 0 Å². The molecule has 1 aliphatic heterocycles. The molecule has 1 N–H and O–H groups in total. The standard InChI is InChI=1S/C27H25ClFNO4/c1-27(15-18-6-9-22(28)10-7-18)16-21-14-20(8-11-24(21)34-27)26(33)30(17-25(31)32)13-12-19-4-2-3-5-23(19)29/h2-11,14H,12-13,15-17H2,1H3,(H,31,32)/t27-/m0/s1. The summed E-state index contributed by atoms with van der Waals surface area (Å²) in [5.41, 5.74) is 2.34. The van der Waals surface area contributed by atoms with Crippen molar-refractivity contribution in [1.82, 2.24) is 4.90 Å². The highest BCUT2D eigenvalue weighted by Crippen LogP contribution is 2.37. The number of halogens is 2. The molecule has 1 amide bonds. The predicted molar refractivity (Wildman–Crippen MR) is 128 cm³/mol. The van der Waals surface area contributed by atoms with Crippen molar-refractivity contribution in [2.45, 2.75) is 31.8 Å². The van der Waals surface area contributed by atoms with Crippen molar-refractivity contribution in [3.8, 4) is 5.75 Å². The van der Waals surface area contributed by atoms with Gasteiger partial charge in [-0.3, -0.25) is 9.59 Å². The first-order valence-electron chi connectivity index (χ1n) is 11.0. The number of amides is 1. The highest BCUT2D eigenvalue weighted by atomic mass is 35.5. The first-order valence-corrected chi connectivity index (χ1v) is 11.4. The Balaban J connectivity index is 1.49. The van der Waals surface area contributed by atoms with E-state index in [0.717, 1.165) is 11.1 Å². The zero-order chi connectivity index (χ0) is 24.3. The average molecular weight is 482 g/mol. The van der Waals surface area contributed by atoms with E-state index in [1.165, 1.54) is 11.0 Å². The molecule has 7 heteroatoms. The molecule has 0 unspecified atom stereocenters. The Morgan fingerprint density at radius 3 is 2.56 bits per heavy atom. The molecule has 5 nitrogen and oxygen atoms in total. The van der Waals surface area contributed by atoms with Crippen LogP contribution >= 0.6 is 11.6 Å². The molecular formula is C27H25ClFNO4. The second-order valence-electron chi connectivity index (χ2n) is 8.82. The van der Waals surface area contributed by atoms with Gasteiger partial charge in [0.1, 0.15) is 23.7 Å². The van der Waals surface area contributed by atoms with Crippen molar-refractivity contribution < 1.29 is 23.8 Å². The monoisotopic (exact) mass is 481 g/mol. The van der Waals surface area contributed by atoms with E-state index in [1.54, 1.807) is 36.4 Å². The molecule has 0 radical (unpaired) electrons. The molecule has 1 heterocycles. The van der Waals surface area contributed by atoms with Crippen LogP contribution in [-0.2, 0) is 24.1 Å². The van der Waals surface area contributed by atoms with Crippen LogP contribution in [0.4, 0.5) is 4.39 Å². The molecule has 0 bridgehead atoms. The van der Waals surface area contributed by atoms with Gasteiger partial charge < -0.3 is 14.7 Å². The number of hydrogen-bond acceptors (Lipinski definition) is 3. The molecule has 0 saturated heterocycles. The Morgan fingerprint density at radius 2 is 1.85 bits per heavy atom. The van der Waals surface area contributed by atoms with E-state index in [2.05, 4.69) is 0 Å². The number of carbonyl (C=O) groups is 2. The Bertz CT molecular complexity index is 1210. The maximum atomic E-state index is 14.0. The molecule has 3 aromatic rings. The minimum atomic E-state index is -1.12. The normalized spacial score (nSPS) is 16.6. The van der Waals surface area contributed by atoms with Crippen LogP contribution in [0.25, 0.3) is 0 Å². The van der Waals surface area contributed by atoms with Gasteiger partial charge in [-0.25, -0.2) is 4.39 Å². The number of carbonyl (C=O) groups excluding carboxylic acids is 1. The number of carboxylic acids is 1. The third-order valence-electron chi connectivity index (χ3n) is 5.94. The Hall–Kier alpha value is -3.38. The van der Waals surface area contributed by atoms with Gasteiger partial charge in [-0.2, -0.15) is 0 Å². The Kier molecular flexibility index (Phi) is 6.89. The second kappa shape index (κ2) is 9.85. The molecule has 0 spiro atoms. The van der Waals surface area contributed by atoms with Crippen LogP contribution < -0.4 is 4.74 Å². The van der Waals surface area contributed by atoms with Crippen LogP contribution in [0.1, 0.15) is 34.0 Å². The molecule has 1 aliphatic rings. The summed E-state index contributed by atoms with van der Waals surface area (Å²) < 4.78 is 20.2. The van der Waals surface area contributed by atoms with Gasteiger partial charge in [0.2, 0.25) is 0 Å². The molecule has 176 valence electrons. The highest BCUT2D eigenvalue weighted by molar-refractivity contribution is 6.30. The average Bonchev–Trinajstić information content (AvgIpc) is 3.13. The van der Waals surface area contributed by atoms with E-state index in [4.69, 9.17) is 16.3 Å². The molecule has 34 heavy (non-hydrogen) atoms. The zero-order valence-corrected chi connectivity index (χ0v) is 19.5. The fourth-order valence-electron chi connectivity index (χ4n) is 4.34. The highest BCUT2D eigenvalue weighted by Gasteiger charge is 2.35. The number of ether oxygens (including phenoxy) is 1. The molecular weight excluding hydrogens is 457 g/mol. The smallest absolute Gasteiger partial charge is 0.323 e. The van der Waals surface area contributed by atoms with Crippen molar-refractivity contribution in [2.24, 2.45) is 0 Å². The topological polar surface area (TPSA) is 66.8 Å². The third-order valence-corrected chi connectivity index (χ3v) is 6.19. The largest absolute Gasteiger partial charge is 0.487 e. The maximum absolute atomic E-state index is 14.0. The van der Waals surface area contributed by atoms with Gasteiger partial charge in [-0.05, 0) is 66.4 Å². The Morgan fingerprint density at radius 1 is 1.12 bits per heavy atom. The van der Waals surface area contributed by atoms with Crippen LogP contribution in [0, 0.1) is 5.82 Å². The van der Waals surface area contributed by atoms with E-state index >= 15 is 0 Å². The summed E-state index contributed by atoms with van der Waals surface area (Å²) in [6, 6.07) is 19.1. The number of aliphatic carboxylic acids is 1. The van der Waals surface area contributed by atoms with Gasteiger partial charge in [0.15, 0.2) is 0 Å². The number of hydrogen-bond donors (Lipinski definition) is 1. The lowest BCUT2D eigenvalue weighted by Crippen LogP contribution is -2.37. The lowest BCUT2D eigenvalue weighted by molar-refractivity contribution is -0.137. The summed E-state index contributed by atoms with van der Waals surface area (Å²) in [5, 5.41) is 9.99. The summed E-state index contributed by atoms with van der Waals surface area (Å²) in [5.74, 6) is -1.20. The lowest BCUT2D eigenvalue weighted by atomic mass is 9.91. The van der Waals surface area contributed by atoms with Crippen LogP contribution in [-0.4, -0.2) is 40.6 Å². The second-order valence-corrected chi connectivity index (χ2v) is 9.25. The minimum absolute atomic E-state index is 0.0912. The van der Waals surface area contributed by atoms with Gasteiger partial charge in [-0.1, -0.05) is 41.9 Å². The molecule has 0 fully saturated rings. The minimum Gasteiger partial charge on any atom is -0.487 e. The fourth-order valence-corrected chi connectivity index (χ4v) is 4.47. The maximum Gasteiger partial charge on any atom is 0.323 e. The van der Waals surface area contributed by atoms with Crippen molar-refractivity contribution in [3.63, 3.8) is 0 Å². The van der Waals surface area contributed by atoms with E-state index < -0.39 is 24.0 Å². The summed E-state index contributed by atoms with van der Waals surface area (Å²) >= 11 is 5.98. The molecule has 0 saturated carbocycles. The van der Waals surface area contributed by atoms with Crippen molar-refractivity contribution in [3.05, 3.63) is 99.8 Å². The van der Waals surface area contributed by atoms with E-state index in [9.17, 15) is 19.1 Å². The quantitative estimate of drug-likeness (QED) is 0.481. The van der Waals surface area contributed by atoms with Gasteiger partial charge >= 0.3 is 5.97 Å². The van der Waals surface area contributed by atoms with E-state index in [-0.39, 0.29) is 18.8 Å². The number of fused-ring (bicyclic) bond motifs is 1. The van der Waals surface area contributed by atoms with Gasteiger partial charge in [0, 0.05) is 30.0 Å². The molecule has 4 rings (SSSR count). The van der Waals surface area contributed by atoms with Crippen molar-refractivity contribution in [2.75, 3.05) is 13.1 Å². The van der Waals surface area contributed by atoms with Gasteiger partial charge in [0.05, 0.1) is 0 Å². The van der Waals surface area contributed by atoms with Gasteiger partial charge in [0.25, 0.3) is 5.91 Å². The van der Waals surface area contributed by atoms with Crippen LogP contribution in [0.5, 0.6) is 5.75 Å². The first-order chi connectivity index (χ1) is 16.2. The summed E-state index contributed by atoms with van der Waals surface area (Å²) in [6.07, 6.45) is 1.51. The molecule has 0 aromatic heterocycles. The number of benzene rings is 3. The fraction of sp³-hybridized carbons (Fsp3) is 0.259. The summed E-state index contributed by atoms with van der Waals surface area (Å²) in [7, 11) is 0. The van der Waals surface area contributed by atoms with Crippen LogP contribution in [0.2, 0.25) is 5.02 Å². The lowest BCUT2D eigenvalue weighted by Gasteiger charge is -2.24. The Labute approximate surface area is 202 Å². The van der Waals surface area contributed by atoms with Crippen molar-refractivity contribution in [1.29, 1.82) is 0 Å². The third kappa shape index (κ3) is 5.57. The molecule has 1 atom stereocenters. The summed E-state index contributed by atoms with van der Waals surface area (Å²) in [4.78, 5) is 25.8. The van der Waals surface area contributed by atoms with Gasteiger partial charge in [-0.15, -0.1) is 0 Å². The number of nitrogens with zero attached hydrogens (tertiary/aromatic N) is 1. The van der Waals surface area contributed by atoms with Crippen molar-refractivity contribution >= 4 is 23.5 Å². The molecule has 3 aromatic carbocycles. The number of carboxylic acid groups (broad SMARTS) is 1. The zero-order valence-electron chi connectivity index (χ0n) is 18.8. The number of rotatable bonds is 8. The van der Waals surface area contributed by atoms with Crippen LogP contribution in [0.15, 0.2) is 66.7 Å². The van der Waals surface area contributed by atoms with E-state index in [1.807, 2.05) is 31.2 Å². The first kappa shape index (κ1) is 23.8. The summed E-state index contributed by atoms with van der Waals surface area (Å²) in [6.45, 7) is 1.65.